The molecule has 0 aromatic heterocycles. The third-order valence-corrected chi connectivity index (χ3v) is 8.47. The lowest BCUT2D eigenvalue weighted by molar-refractivity contribution is -0.123. The minimum Gasteiger partial charge on any atom is -0.455 e. The zero-order chi connectivity index (χ0) is 23.9. The van der Waals surface area contributed by atoms with Crippen LogP contribution in [0.3, 0.4) is 0 Å². The van der Waals surface area contributed by atoms with Crippen LogP contribution in [-0.2, 0) is 24.8 Å². The maximum atomic E-state index is 13.0. The van der Waals surface area contributed by atoms with Crippen LogP contribution in [-0.4, -0.2) is 28.5 Å². The maximum absolute atomic E-state index is 13.0. The Morgan fingerprint density at radius 1 is 0.909 bits per heavy atom. The van der Waals surface area contributed by atoms with E-state index in [1.54, 1.807) is 62.4 Å². The van der Waals surface area contributed by atoms with Crippen molar-refractivity contribution in [3.05, 3.63) is 78.9 Å². The SMILES string of the molecule is CC1(C)CS(=O)(=O)N(c2ccc(S(=O)(=O)Nc3ccccc3Oc3ccccc3)cc2)C1=O. The molecule has 0 saturated carbocycles. The molecule has 1 aliphatic heterocycles. The Bertz CT molecular complexity index is 1400. The fourth-order valence-corrected chi connectivity index (χ4v) is 6.66. The third kappa shape index (κ3) is 4.57. The highest BCUT2D eigenvalue weighted by Crippen LogP contribution is 2.36. The van der Waals surface area contributed by atoms with Gasteiger partial charge in [-0.05, 0) is 62.4 Å². The number of rotatable bonds is 6. The lowest BCUT2D eigenvalue weighted by Gasteiger charge is -2.18. The summed E-state index contributed by atoms with van der Waals surface area (Å²) < 4.78 is 59.9. The molecule has 3 aromatic carbocycles. The average molecular weight is 487 g/mol. The highest BCUT2D eigenvalue weighted by molar-refractivity contribution is 7.94. The van der Waals surface area contributed by atoms with E-state index >= 15 is 0 Å². The first-order chi connectivity index (χ1) is 15.5. The standard InChI is InChI=1S/C23H22N2O6S2/c1-23(2)16-32(27,28)25(22(23)26)17-12-14-19(15-13-17)33(29,30)24-20-10-6-7-11-21(20)31-18-8-4-3-5-9-18/h3-15,24H,16H2,1-2H3. The maximum Gasteiger partial charge on any atom is 0.262 e. The summed E-state index contributed by atoms with van der Waals surface area (Å²) >= 11 is 0. The van der Waals surface area contributed by atoms with Crippen LogP contribution in [0.15, 0.2) is 83.8 Å². The first-order valence-electron chi connectivity index (χ1n) is 10.0. The van der Waals surface area contributed by atoms with E-state index in [-0.39, 0.29) is 22.0 Å². The van der Waals surface area contributed by atoms with Gasteiger partial charge in [0.25, 0.3) is 10.0 Å². The summed E-state index contributed by atoms with van der Waals surface area (Å²) in [6.45, 7) is 3.12. The highest BCUT2D eigenvalue weighted by atomic mass is 32.2. The van der Waals surface area contributed by atoms with E-state index in [0.29, 0.717) is 11.5 Å². The van der Waals surface area contributed by atoms with E-state index in [0.717, 1.165) is 4.31 Å². The van der Waals surface area contributed by atoms with Gasteiger partial charge < -0.3 is 4.74 Å². The van der Waals surface area contributed by atoms with Crippen LogP contribution in [0.4, 0.5) is 11.4 Å². The van der Waals surface area contributed by atoms with Crippen LogP contribution in [0.25, 0.3) is 0 Å². The quantitative estimate of drug-likeness (QED) is 0.564. The number of nitrogens with one attached hydrogen (secondary N) is 1. The number of benzene rings is 3. The molecule has 0 bridgehead atoms. The molecule has 3 aromatic rings. The molecule has 8 nitrogen and oxygen atoms in total. The van der Waals surface area contributed by atoms with Gasteiger partial charge >= 0.3 is 0 Å². The second-order valence-corrected chi connectivity index (χ2v) is 11.7. The molecule has 1 aliphatic rings. The zero-order valence-corrected chi connectivity index (χ0v) is 19.6. The Balaban J connectivity index is 1.59. The second kappa shape index (κ2) is 8.20. The van der Waals surface area contributed by atoms with E-state index in [1.165, 1.54) is 24.3 Å². The van der Waals surface area contributed by atoms with Crippen molar-refractivity contribution in [2.75, 3.05) is 14.8 Å². The molecule has 1 N–H and O–H groups in total. The van der Waals surface area contributed by atoms with Crippen molar-refractivity contribution in [1.82, 2.24) is 0 Å². The number of amides is 1. The van der Waals surface area contributed by atoms with Crippen molar-refractivity contribution in [2.45, 2.75) is 18.7 Å². The number of hydrogen-bond donors (Lipinski definition) is 1. The van der Waals surface area contributed by atoms with Gasteiger partial charge in [0.1, 0.15) is 5.75 Å². The Hall–Kier alpha value is -3.37. The normalized spacial score (nSPS) is 17.0. The topological polar surface area (TPSA) is 110 Å². The summed E-state index contributed by atoms with van der Waals surface area (Å²) in [4.78, 5) is 12.5. The number of para-hydroxylation sites is 3. The van der Waals surface area contributed by atoms with Gasteiger partial charge in [0.15, 0.2) is 5.75 Å². The van der Waals surface area contributed by atoms with E-state index in [9.17, 15) is 21.6 Å². The first-order valence-corrected chi connectivity index (χ1v) is 13.1. The molecule has 33 heavy (non-hydrogen) atoms. The van der Waals surface area contributed by atoms with Gasteiger partial charge in [0, 0.05) is 0 Å². The molecule has 4 rings (SSSR count). The van der Waals surface area contributed by atoms with Gasteiger partial charge in [-0.3, -0.25) is 9.52 Å². The Labute approximate surface area is 192 Å². The van der Waals surface area contributed by atoms with Crippen molar-refractivity contribution in [2.24, 2.45) is 5.41 Å². The molecule has 1 amide bonds. The number of anilines is 2. The van der Waals surface area contributed by atoms with Crippen molar-refractivity contribution < 1.29 is 26.4 Å². The highest BCUT2D eigenvalue weighted by Gasteiger charge is 2.49. The number of hydrogen-bond acceptors (Lipinski definition) is 6. The predicted octanol–water partition coefficient (Wildman–Crippen LogP) is 3.98. The molecule has 0 unspecified atom stereocenters. The minimum atomic E-state index is -4.02. The number of sulfonamides is 2. The predicted molar refractivity (Wildman–Crippen MR) is 125 cm³/mol. The lowest BCUT2D eigenvalue weighted by atomic mass is 9.95. The van der Waals surface area contributed by atoms with E-state index in [2.05, 4.69) is 4.72 Å². The van der Waals surface area contributed by atoms with Gasteiger partial charge in [-0.1, -0.05) is 30.3 Å². The molecule has 0 spiro atoms. The van der Waals surface area contributed by atoms with Gasteiger partial charge in [-0.25, -0.2) is 21.1 Å². The van der Waals surface area contributed by atoms with Crippen molar-refractivity contribution in [3.8, 4) is 11.5 Å². The van der Waals surface area contributed by atoms with Crippen LogP contribution in [0.1, 0.15) is 13.8 Å². The lowest BCUT2D eigenvalue weighted by Crippen LogP contribution is -2.32. The Morgan fingerprint density at radius 3 is 2.12 bits per heavy atom. The molecule has 1 fully saturated rings. The molecule has 0 radical (unpaired) electrons. The molecular formula is C23H22N2O6S2. The third-order valence-electron chi connectivity index (χ3n) is 5.07. The molecule has 0 atom stereocenters. The smallest absolute Gasteiger partial charge is 0.262 e. The Morgan fingerprint density at radius 2 is 1.52 bits per heavy atom. The molecule has 10 heteroatoms. The average Bonchev–Trinajstić information content (AvgIpc) is 2.92. The molecular weight excluding hydrogens is 464 g/mol. The molecule has 0 aliphatic carbocycles. The van der Waals surface area contributed by atoms with Gasteiger partial charge in [0.05, 0.1) is 27.4 Å². The van der Waals surface area contributed by atoms with Crippen LogP contribution in [0.2, 0.25) is 0 Å². The van der Waals surface area contributed by atoms with Crippen molar-refractivity contribution in [3.63, 3.8) is 0 Å². The Kier molecular flexibility index (Phi) is 5.67. The van der Waals surface area contributed by atoms with Gasteiger partial charge in [-0.2, -0.15) is 0 Å². The largest absolute Gasteiger partial charge is 0.455 e. The van der Waals surface area contributed by atoms with E-state index in [1.807, 2.05) is 6.07 Å². The zero-order valence-electron chi connectivity index (χ0n) is 17.9. The molecule has 172 valence electrons. The van der Waals surface area contributed by atoms with Crippen LogP contribution >= 0.6 is 0 Å². The van der Waals surface area contributed by atoms with Crippen molar-refractivity contribution >= 4 is 37.3 Å². The summed E-state index contributed by atoms with van der Waals surface area (Å²) in [5.74, 6) is 0.00885. The summed E-state index contributed by atoms with van der Waals surface area (Å²) in [5, 5.41) is 0. The summed E-state index contributed by atoms with van der Waals surface area (Å²) in [7, 11) is -7.84. The number of ether oxygens (including phenoxy) is 1. The molecule has 1 saturated heterocycles. The number of carbonyl (C=O) groups excluding carboxylic acids is 1. The summed E-state index contributed by atoms with van der Waals surface area (Å²) in [6, 6.07) is 20.7. The van der Waals surface area contributed by atoms with Gasteiger partial charge in [-0.15, -0.1) is 0 Å². The number of nitrogens with zero attached hydrogens (tertiary/aromatic N) is 1. The fraction of sp³-hybridized carbons (Fsp3) is 0.174. The summed E-state index contributed by atoms with van der Waals surface area (Å²) in [6.07, 6.45) is 0. The first kappa shape index (κ1) is 22.8. The van der Waals surface area contributed by atoms with E-state index in [4.69, 9.17) is 4.74 Å². The second-order valence-electron chi connectivity index (χ2n) is 8.22. The number of carbonyl (C=O) groups is 1. The fourth-order valence-electron chi connectivity index (χ4n) is 3.48. The van der Waals surface area contributed by atoms with Crippen LogP contribution in [0, 0.1) is 5.41 Å². The minimum absolute atomic E-state index is 0.0935. The van der Waals surface area contributed by atoms with E-state index < -0.39 is 31.4 Å². The van der Waals surface area contributed by atoms with Gasteiger partial charge in [0.2, 0.25) is 15.9 Å². The molecule has 1 heterocycles. The monoisotopic (exact) mass is 486 g/mol. The van der Waals surface area contributed by atoms with Crippen LogP contribution < -0.4 is 13.8 Å². The van der Waals surface area contributed by atoms with Crippen molar-refractivity contribution in [1.29, 1.82) is 0 Å². The summed E-state index contributed by atoms with van der Waals surface area (Å²) in [5.41, 5.74) is -0.713. The van der Waals surface area contributed by atoms with Crippen LogP contribution in [0.5, 0.6) is 11.5 Å².